The molecule has 14 heteroatoms. The van der Waals surface area contributed by atoms with Gasteiger partial charge in [0.25, 0.3) is 0 Å². The molecular weight excluding hydrogens is 590 g/mol. The van der Waals surface area contributed by atoms with Gasteiger partial charge in [-0.3, -0.25) is 0 Å². The Kier molecular flexibility index (Phi) is 7.36. The first-order valence-corrected chi connectivity index (χ1v) is 13.6. The smallest absolute Gasteiger partial charge is 0.406 e. The van der Waals surface area contributed by atoms with E-state index in [1.54, 1.807) is 0 Å². The average molecular weight is 613 g/mol. The van der Waals surface area contributed by atoms with Crippen LogP contribution >= 0.6 is 0 Å². The van der Waals surface area contributed by atoms with E-state index >= 15 is 0 Å². The number of nitrogens with two attached hydrogens (primary N) is 1. The number of ether oxygens (including phenoxy) is 2. The lowest BCUT2D eigenvalue weighted by Gasteiger charge is -2.22. The van der Waals surface area contributed by atoms with Crippen LogP contribution < -0.4 is 15.2 Å². The lowest BCUT2D eigenvalue weighted by molar-refractivity contribution is -0.275. The number of hydrogen-bond acceptors (Lipinski definition) is 8. The van der Waals surface area contributed by atoms with Crippen LogP contribution in [0.15, 0.2) is 48.5 Å². The lowest BCUT2D eigenvalue weighted by atomic mass is 9.90. The van der Waals surface area contributed by atoms with Gasteiger partial charge in [0.05, 0.1) is 17.4 Å². The maximum absolute atomic E-state index is 12.7. The molecule has 6 rings (SSSR count). The van der Waals surface area contributed by atoms with Crippen molar-refractivity contribution in [1.29, 1.82) is 5.26 Å². The molecular formula is C30H22F6N6O2. The van der Waals surface area contributed by atoms with E-state index in [0.717, 1.165) is 29.8 Å². The molecule has 0 spiro atoms. The highest BCUT2D eigenvalue weighted by molar-refractivity contribution is 5.68. The third kappa shape index (κ3) is 6.00. The summed E-state index contributed by atoms with van der Waals surface area (Å²) in [4.78, 5) is 18.4. The second-order valence-corrected chi connectivity index (χ2v) is 10.4. The van der Waals surface area contributed by atoms with Crippen LogP contribution in [0, 0.1) is 11.3 Å². The molecule has 2 aliphatic rings. The zero-order valence-corrected chi connectivity index (χ0v) is 22.7. The minimum Gasteiger partial charge on any atom is -0.406 e. The summed E-state index contributed by atoms with van der Waals surface area (Å²) in [6.45, 7) is 0. The number of aromatic nitrogens is 4. The van der Waals surface area contributed by atoms with E-state index in [2.05, 4.69) is 19.4 Å². The van der Waals surface area contributed by atoms with Gasteiger partial charge in [-0.15, -0.1) is 26.3 Å². The minimum atomic E-state index is -4.85. The van der Waals surface area contributed by atoms with E-state index in [4.69, 9.17) is 15.7 Å². The fourth-order valence-corrected chi connectivity index (χ4v) is 5.81. The number of hydrogen-bond donors (Lipinski definition) is 1. The average Bonchev–Trinajstić information content (AvgIpc) is 3.62. The van der Waals surface area contributed by atoms with Gasteiger partial charge in [-0.2, -0.15) is 5.26 Å². The molecule has 0 amide bonds. The molecule has 0 bridgehead atoms. The van der Waals surface area contributed by atoms with Gasteiger partial charge in [-0.05, 0) is 80.6 Å². The lowest BCUT2D eigenvalue weighted by Crippen LogP contribution is -2.23. The molecule has 0 aliphatic heterocycles. The predicted octanol–water partition coefficient (Wildman–Crippen LogP) is 6.49. The maximum Gasteiger partial charge on any atom is 0.573 e. The summed E-state index contributed by atoms with van der Waals surface area (Å²) >= 11 is 0. The largest absolute Gasteiger partial charge is 0.573 e. The number of fused-ring (bicyclic) bond motifs is 2. The van der Waals surface area contributed by atoms with Gasteiger partial charge < -0.3 is 15.2 Å². The summed E-state index contributed by atoms with van der Waals surface area (Å²) in [5.74, 6) is -0.906. The van der Waals surface area contributed by atoms with Crippen molar-refractivity contribution in [2.75, 3.05) is 0 Å². The van der Waals surface area contributed by atoms with Crippen LogP contribution in [0.1, 0.15) is 59.0 Å². The van der Waals surface area contributed by atoms with Gasteiger partial charge in [0.2, 0.25) is 5.82 Å². The second kappa shape index (κ2) is 11.1. The van der Waals surface area contributed by atoms with Crippen molar-refractivity contribution >= 4 is 0 Å². The highest BCUT2D eigenvalue weighted by Gasteiger charge is 2.37. The van der Waals surface area contributed by atoms with Crippen LogP contribution in [-0.2, 0) is 19.3 Å². The van der Waals surface area contributed by atoms with Gasteiger partial charge in [0, 0.05) is 39.6 Å². The molecule has 0 radical (unpaired) electrons. The molecule has 2 aliphatic carbocycles. The standard InChI is InChI=1S/C30H22F6N6O2/c31-29(32,33)43-17-8-4-15(5-9-17)26-19-2-1-3-21(19)40-28(42-26)25(38)20-12-13-22-24(20)27(41-23(14-37)39-22)16-6-10-18(11-7-16)44-30(34,35)36/h4-11,20,25H,1-3,12-13,38H2. The zero-order valence-electron chi connectivity index (χ0n) is 22.7. The van der Waals surface area contributed by atoms with Crippen molar-refractivity contribution in [3.63, 3.8) is 0 Å². The van der Waals surface area contributed by atoms with Gasteiger partial charge >= 0.3 is 12.7 Å². The molecule has 8 nitrogen and oxygen atoms in total. The first-order valence-electron chi connectivity index (χ1n) is 13.6. The second-order valence-electron chi connectivity index (χ2n) is 10.4. The Bertz CT molecular complexity index is 1750. The Morgan fingerprint density at radius 2 is 1.34 bits per heavy atom. The van der Waals surface area contributed by atoms with Crippen LogP contribution in [0.4, 0.5) is 26.3 Å². The summed E-state index contributed by atoms with van der Waals surface area (Å²) < 4.78 is 84.1. The SMILES string of the molecule is N#Cc1nc2c(c(-c3ccc(OC(F)(F)F)cc3)n1)C(C(N)c1nc3c(c(-c4ccc(OC(F)(F)F)cc4)n1)CCC3)CC2. The molecule has 2 atom stereocenters. The fourth-order valence-electron chi connectivity index (χ4n) is 5.81. The Morgan fingerprint density at radius 1 is 0.750 bits per heavy atom. The van der Waals surface area contributed by atoms with E-state index in [1.807, 2.05) is 6.07 Å². The molecule has 4 aromatic rings. The third-order valence-electron chi connectivity index (χ3n) is 7.59. The number of nitriles is 1. The van der Waals surface area contributed by atoms with E-state index < -0.39 is 30.4 Å². The van der Waals surface area contributed by atoms with E-state index in [1.165, 1.54) is 36.4 Å². The molecule has 226 valence electrons. The molecule has 0 saturated heterocycles. The van der Waals surface area contributed by atoms with Crippen molar-refractivity contribution in [3.8, 4) is 40.1 Å². The Labute approximate surface area is 246 Å². The molecule has 2 N–H and O–H groups in total. The molecule has 2 heterocycles. The van der Waals surface area contributed by atoms with Crippen LogP contribution in [-0.4, -0.2) is 32.7 Å². The number of halogens is 6. The zero-order chi connectivity index (χ0) is 31.2. The quantitative estimate of drug-likeness (QED) is 0.246. The molecule has 2 aromatic carbocycles. The monoisotopic (exact) mass is 612 g/mol. The van der Waals surface area contributed by atoms with Gasteiger partial charge in [0.15, 0.2) is 0 Å². The number of alkyl halides is 6. The predicted molar refractivity (Wildman–Crippen MR) is 143 cm³/mol. The molecule has 2 aromatic heterocycles. The minimum absolute atomic E-state index is 0.0856. The molecule has 44 heavy (non-hydrogen) atoms. The highest BCUT2D eigenvalue weighted by Crippen LogP contribution is 2.44. The van der Waals surface area contributed by atoms with Crippen molar-refractivity contribution in [2.24, 2.45) is 5.73 Å². The highest BCUT2D eigenvalue weighted by atomic mass is 19.4. The Balaban J connectivity index is 1.37. The Hall–Kier alpha value is -4.77. The van der Waals surface area contributed by atoms with Crippen LogP contribution in [0.5, 0.6) is 11.5 Å². The van der Waals surface area contributed by atoms with Crippen molar-refractivity contribution in [3.05, 3.63) is 82.7 Å². The van der Waals surface area contributed by atoms with Crippen LogP contribution in [0.3, 0.4) is 0 Å². The first-order chi connectivity index (χ1) is 20.9. The topological polar surface area (TPSA) is 120 Å². The normalized spacial score (nSPS) is 16.6. The van der Waals surface area contributed by atoms with Crippen molar-refractivity contribution in [1.82, 2.24) is 19.9 Å². The van der Waals surface area contributed by atoms with E-state index in [-0.39, 0.29) is 11.6 Å². The number of aryl methyl sites for hydroxylation is 2. The Morgan fingerprint density at radius 3 is 1.91 bits per heavy atom. The summed E-state index contributed by atoms with van der Waals surface area (Å²) in [5.41, 5.74) is 11.8. The number of benzene rings is 2. The number of rotatable bonds is 6. The van der Waals surface area contributed by atoms with Gasteiger partial charge in [0.1, 0.15) is 23.4 Å². The third-order valence-corrected chi connectivity index (χ3v) is 7.59. The summed E-state index contributed by atoms with van der Waals surface area (Å²) in [5, 5.41) is 9.54. The molecule has 0 saturated carbocycles. The van der Waals surface area contributed by atoms with Crippen LogP contribution in [0.25, 0.3) is 22.5 Å². The number of nitrogens with zero attached hydrogens (tertiary/aromatic N) is 5. The van der Waals surface area contributed by atoms with Crippen molar-refractivity contribution in [2.45, 2.75) is 56.8 Å². The van der Waals surface area contributed by atoms with E-state index in [9.17, 15) is 31.6 Å². The first kappa shape index (κ1) is 29.3. The van der Waals surface area contributed by atoms with Gasteiger partial charge in [-0.1, -0.05) is 0 Å². The fraction of sp³-hybridized carbons (Fsp3) is 0.300. The summed E-state index contributed by atoms with van der Waals surface area (Å²) in [6, 6.07) is 11.8. The summed E-state index contributed by atoms with van der Waals surface area (Å²) in [6.07, 6.45) is -6.43. The molecule has 0 fully saturated rings. The van der Waals surface area contributed by atoms with Crippen molar-refractivity contribution < 1.29 is 35.8 Å². The van der Waals surface area contributed by atoms with Gasteiger partial charge in [-0.25, -0.2) is 19.9 Å². The molecule has 2 unspecified atom stereocenters. The maximum atomic E-state index is 12.7. The van der Waals surface area contributed by atoms with E-state index in [0.29, 0.717) is 65.3 Å². The summed E-state index contributed by atoms with van der Waals surface area (Å²) in [7, 11) is 0. The van der Waals surface area contributed by atoms with Crippen LogP contribution in [0.2, 0.25) is 0 Å².